The van der Waals surface area contributed by atoms with Crippen LogP contribution in [-0.2, 0) is 16.0 Å². The third-order valence-electron chi connectivity index (χ3n) is 7.37. The first-order valence-electron chi connectivity index (χ1n) is 14.3. The van der Waals surface area contributed by atoms with Crippen LogP contribution in [0.3, 0.4) is 0 Å². The van der Waals surface area contributed by atoms with Gasteiger partial charge < -0.3 is 29.3 Å². The molecule has 42 heavy (non-hydrogen) atoms. The Balaban J connectivity index is 1.09. The van der Waals surface area contributed by atoms with Crippen LogP contribution in [0.1, 0.15) is 52.0 Å². The average Bonchev–Trinajstić information content (AvgIpc) is 3.40. The predicted molar refractivity (Wildman–Crippen MR) is 160 cm³/mol. The molecular formula is C29H40N8O4S. The van der Waals surface area contributed by atoms with Crippen molar-refractivity contribution in [2.75, 3.05) is 45.7 Å². The lowest BCUT2D eigenvalue weighted by molar-refractivity contribution is -0.140. The predicted octanol–water partition coefficient (Wildman–Crippen LogP) is 4.77. The van der Waals surface area contributed by atoms with Crippen molar-refractivity contribution in [2.45, 2.75) is 64.7 Å². The van der Waals surface area contributed by atoms with E-state index in [1.165, 1.54) is 11.3 Å². The highest BCUT2D eigenvalue weighted by atomic mass is 32.1. The third-order valence-corrected chi connectivity index (χ3v) is 8.31. The number of nitrogens with zero attached hydrogens (tertiary/aromatic N) is 7. The summed E-state index contributed by atoms with van der Waals surface area (Å²) in [5.74, 6) is 0.464. The summed E-state index contributed by atoms with van der Waals surface area (Å²) in [6, 6.07) is 2.26. The lowest BCUT2D eigenvalue weighted by atomic mass is 9.72. The second kappa shape index (κ2) is 12.8. The van der Waals surface area contributed by atoms with Crippen LogP contribution in [0.2, 0.25) is 0 Å². The van der Waals surface area contributed by atoms with Gasteiger partial charge in [-0.1, -0.05) is 11.3 Å². The number of anilines is 2. The Kier molecular flexibility index (Phi) is 9.19. The van der Waals surface area contributed by atoms with Crippen LogP contribution in [0.25, 0.3) is 10.6 Å². The molecule has 3 aromatic heterocycles. The zero-order valence-corrected chi connectivity index (χ0v) is 25.8. The molecule has 3 aromatic rings. The number of ether oxygens (including phenoxy) is 3. The fraction of sp³-hybridized carbons (Fsp3) is 0.586. The van der Waals surface area contributed by atoms with Gasteiger partial charge in [0.05, 0.1) is 23.8 Å². The molecule has 1 aliphatic heterocycles. The third kappa shape index (κ3) is 8.11. The van der Waals surface area contributed by atoms with Gasteiger partial charge in [-0.15, -0.1) is 0 Å². The summed E-state index contributed by atoms with van der Waals surface area (Å²) in [5.41, 5.74) is 1.60. The highest BCUT2D eigenvalue weighted by molar-refractivity contribution is 7.18. The van der Waals surface area contributed by atoms with Gasteiger partial charge in [0.2, 0.25) is 5.95 Å². The molecule has 1 N–H and O–H groups in total. The minimum Gasteiger partial charge on any atom is -0.460 e. The number of likely N-dealkylation sites (N-methyl/N-ethyl adjacent to an activating group) is 2. The Bertz CT molecular complexity index is 1330. The van der Waals surface area contributed by atoms with Crippen LogP contribution in [0.15, 0.2) is 30.9 Å². The number of rotatable bonds is 10. The molecule has 13 heteroatoms. The molecular weight excluding hydrogens is 556 g/mol. The van der Waals surface area contributed by atoms with E-state index in [0.717, 1.165) is 55.0 Å². The molecule has 12 nitrogen and oxygen atoms in total. The molecule has 0 unspecified atom stereocenters. The normalized spacial score (nSPS) is 16.7. The van der Waals surface area contributed by atoms with Gasteiger partial charge >= 0.3 is 12.1 Å². The van der Waals surface area contributed by atoms with Crippen LogP contribution < -0.4 is 10.1 Å². The van der Waals surface area contributed by atoms with Gasteiger partial charge in [-0.2, -0.15) is 4.98 Å². The second-order valence-corrected chi connectivity index (χ2v) is 13.3. The SMILES string of the molecule is CN(CCN(C)C(=O)OC(C)(C)C)Cc1cnc(Nc2ncc(-c3ccnc(OC4CCC5(CC4)COC5)n3)s2)nc1. The number of amides is 1. The van der Waals surface area contributed by atoms with Crippen molar-refractivity contribution in [3.8, 4) is 16.6 Å². The number of carbonyl (C=O) groups excluding carboxylic acids is 1. The molecule has 4 heterocycles. The molecule has 226 valence electrons. The fourth-order valence-corrected chi connectivity index (χ4v) is 5.65. The van der Waals surface area contributed by atoms with Crippen LogP contribution in [0, 0.1) is 5.41 Å². The van der Waals surface area contributed by atoms with Gasteiger partial charge in [-0.3, -0.25) is 0 Å². The van der Waals surface area contributed by atoms with Crippen molar-refractivity contribution in [3.63, 3.8) is 0 Å². The second-order valence-electron chi connectivity index (χ2n) is 12.2. The first-order valence-corrected chi connectivity index (χ1v) is 15.1. The first kappa shape index (κ1) is 30.1. The summed E-state index contributed by atoms with van der Waals surface area (Å²) in [6.45, 7) is 9.24. The molecule has 1 saturated carbocycles. The number of aromatic nitrogens is 5. The largest absolute Gasteiger partial charge is 0.460 e. The molecule has 2 aliphatic rings. The van der Waals surface area contributed by atoms with Crippen LogP contribution in [0.4, 0.5) is 15.9 Å². The van der Waals surface area contributed by atoms with Gasteiger partial charge in [0, 0.05) is 62.4 Å². The molecule has 0 radical (unpaired) electrons. The molecule has 1 spiro atoms. The molecule has 1 amide bonds. The van der Waals surface area contributed by atoms with E-state index in [-0.39, 0.29) is 12.2 Å². The molecule has 0 aromatic carbocycles. The maximum atomic E-state index is 12.2. The minimum atomic E-state index is -0.511. The van der Waals surface area contributed by atoms with Crippen molar-refractivity contribution in [1.29, 1.82) is 0 Å². The van der Waals surface area contributed by atoms with Crippen molar-refractivity contribution >= 4 is 28.5 Å². The van der Waals surface area contributed by atoms with Crippen molar-refractivity contribution < 1.29 is 19.0 Å². The molecule has 1 saturated heterocycles. The van der Waals surface area contributed by atoms with Gasteiger partial charge in [-0.05, 0) is 59.6 Å². The number of hydrogen-bond donors (Lipinski definition) is 1. The molecule has 0 atom stereocenters. The number of thiazole rings is 1. The first-order chi connectivity index (χ1) is 20.1. The Morgan fingerprint density at radius 2 is 1.83 bits per heavy atom. The van der Waals surface area contributed by atoms with Crippen molar-refractivity contribution in [3.05, 3.63) is 36.4 Å². The zero-order valence-electron chi connectivity index (χ0n) is 25.0. The van der Waals surface area contributed by atoms with Gasteiger partial charge in [0.25, 0.3) is 0 Å². The zero-order chi connectivity index (χ0) is 29.7. The lowest BCUT2D eigenvalue weighted by Crippen LogP contribution is -2.46. The van der Waals surface area contributed by atoms with E-state index in [9.17, 15) is 4.79 Å². The summed E-state index contributed by atoms with van der Waals surface area (Å²) in [5, 5.41) is 3.84. The molecule has 2 fully saturated rings. The number of hydrogen-bond acceptors (Lipinski definition) is 12. The van der Waals surface area contributed by atoms with E-state index in [1.807, 2.05) is 33.9 Å². The molecule has 5 rings (SSSR count). The lowest BCUT2D eigenvalue weighted by Gasteiger charge is -2.45. The summed E-state index contributed by atoms with van der Waals surface area (Å²) in [4.78, 5) is 39.1. The highest BCUT2D eigenvalue weighted by Gasteiger charge is 2.42. The maximum Gasteiger partial charge on any atom is 0.410 e. The smallest absolute Gasteiger partial charge is 0.410 e. The Hall–Kier alpha value is -3.42. The van der Waals surface area contributed by atoms with Gasteiger partial charge in [0.1, 0.15) is 11.7 Å². The fourth-order valence-electron chi connectivity index (χ4n) is 4.87. The number of carbonyl (C=O) groups is 1. The Morgan fingerprint density at radius 1 is 1.10 bits per heavy atom. The maximum absolute atomic E-state index is 12.2. The monoisotopic (exact) mass is 596 g/mol. The van der Waals surface area contributed by atoms with Crippen molar-refractivity contribution in [1.82, 2.24) is 34.7 Å². The van der Waals surface area contributed by atoms with E-state index in [1.54, 1.807) is 36.7 Å². The summed E-state index contributed by atoms with van der Waals surface area (Å²) in [6.07, 6.45) is 11.2. The topological polar surface area (TPSA) is 128 Å². The summed E-state index contributed by atoms with van der Waals surface area (Å²) >= 11 is 1.46. The van der Waals surface area contributed by atoms with Crippen molar-refractivity contribution in [2.24, 2.45) is 5.41 Å². The van der Waals surface area contributed by atoms with Gasteiger partial charge in [0.15, 0.2) is 5.13 Å². The number of nitrogens with one attached hydrogen (secondary N) is 1. The van der Waals surface area contributed by atoms with E-state index in [0.29, 0.717) is 42.1 Å². The van der Waals surface area contributed by atoms with Crippen LogP contribution in [-0.4, -0.2) is 92.9 Å². The van der Waals surface area contributed by atoms with Crippen LogP contribution >= 0.6 is 11.3 Å². The highest BCUT2D eigenvalue weighted by Crippen LogP contribution is 2.43. The van der Waals surface area contributed by atoms with E-state index < -0.39 is 5.60 Å². The van der Waals surface area contributed by atoms with E-state index in [2.05, 4.69) is 35.1 Å². The van der Waals surface area contributed by atoms with E-state index >= 15 is 0 Å². The standard InChI is InChI=1S/C29H40N8O4S/c1-28(2,3)41-27(38)37(5)13-12-36(4)17-20-14-31-24(32-15-20)35-26-33-16-23(42-26)22-8-11-30-25(34-22)40-21-6-9-29(10-7-21)18-39-19-29/h8,11,14-16,21H,6-7,9-10,12-13,17-19H2,1-5H3,(H,31,32,33,35). The molecule has 0 bridgehead atoms. The summed E-state index contributed by atoms with van der Waals surface area (Å²) < 4.78 is 17.0. The average molecular weight is 597 g/mol. The van der Waals surface area contributed by atoms with Gasteiger partial charge in [-0.25, -0.2) is 24.7 Å². The Labute approximate surface area is 250 Å². The van der Waals surface area contributed by atoms with Crippen LogP contribution in [0.5, 0.6) is 6.01 Å². The minimum absolute atomic E-state index is 0.142. The summed E-state index contributed by atoms with van der Waals surface area (Å²) in [7, 11) is 3.73. The van der Waals surface area contributed by atoms with E-state index in [4.69, 9.17) is 14.2 Å². The quantitative estimate of drug-likeness (QED) is 0.348. The molecule has 1 aliphatic carbocycles. The Morgan fingerprint density at radius 3 is 2.50 bits per heavy atom.